The Morgan fingerprint density at radius 1 is 1.12 bits per heavy atom. The van der Waals surface area contributed by atoms with Crippen LogP contribution in [0, 0.1) is 0 Å². The molecule has 0 radical (unpaired) electrons. The van der Waals surface area contributed by atoms with Crippen LogP contribution in [0.15, 0.2) is 41.0 Å². The summed E-state index contributed by atoms with van der Waals surface area (Å²) in [6.07, 6.45) is 3.18. The Hall–Kier alpha value is -2.27. The molecule has 5 rings (SSSR count). The maximum atomic E-state index is 5.56. The molecule has 0 saturated heterocycles. The highest BCUT2D eigenvalue weighted by atomic mass is 79.9. The van der Waals surface area contributed by atoms with E-state index in [9.17, 15) is 0 Å². The van der Waals surface area contributed by atoms with E-state index in [4.69, 9.17) is 14.2 Å². The molecule has 2 aliphatic heterocycles. The minimum Gasteiger partial charge on any atom is -0.496 e. The molecule has 0 amide bonds. The second kappa shape index (κ2) is 5.11. The number of rotatable bonds is 1. The fourth-order valence-corrected chi connectivity index (χ4v) is 4.17. The molecule has 120 valence electrons. The van der Waals surface area contributed by atoms with Gasteiger partial charge in [0.15, 0.2) is 24.2 Å². The van der Waals surface area contributed by atoms with Crippen molar-refractivity contribution in [3.63, 3.8) is 0 Å². The normalized spacial score (nSPS) is 14.4. The van der Waals surface area contributed by atoms with Crippen molar-refractivity contribution in [2.75, 3.05) is 13.9 Å². The number of pyridine rings is 1. The molecule has 0 unspecified atom stereocenters. The van der Waals surface area contributed by atoms with Gasteiger partial charge in [0.25, 0.3) is 0 Å². The topological polar surface area (TPSA) is 31.6 Å². The lowest BCUT2D eigenvalue weighted by molar-refractivity contribution is -0.686. The number of halogens is 1. The van der Waals surface area contributed by atoms with Crippen molar-refractivity contribution in [1.82, 2.24) is 0 Å². The zero-order chi connectivity index (χ0) is 16.3. The van der Waals surface area contributed by atoms with Crippen LogP contribution in [0.2, 0.25) is 0 Å². The number of aromatic nitrogens is 1. The van der Waals surface area contributed by atoms with Crippen LogP contribution in [-0.2, 0) is 13.0 Å². The molecular weight excluding hydrogens is 370 g/mol. The maximum Gasteiger partial charge on any atom is 0.231 e. The van der Waals surface area contributed by atoms with Gasteiger partial charge in [0, 0.05) is 12.5 Å². The summed E-state index contributed by atoms with van der Waals surface area (Å²) in [6, 6.07) is 10.6. The molecule has 0 N–H and O–H groups in total. The fraction of sp³-hybridized carbons (Fsp3) is 0.211. The molecule has 0 spiro atoms. The Labute approximate surface area is 147 Å². The molecule has 4 nitrogen and oxygen atoms in total. The molecule has 24 heavy (non-hydrogen) atoms. The summed E-state index contributed by atoms with van der Waals surface area (Å²) in [5, 5.41) is 2.33. The van der Waals surface area contributed by atoms with E-state index in [0.29, 0.717) is 6.79 Å². The van der Waals surface area contributed by atoms with Crippen molar-refractivity contribution < 1.29 is 18.8 Å². The SMILES string of the molecule is COc1ccc2cc3[n+](cc2c1Br)CCc1cc2c(cc1-3)OCO2. The van der Waals surface area contributed by atoms with Gasteiger partial charge in [0.1, 0.15) is 5.75 Å². The van der Waals surface area contributed by atoms with Crippen LogP contribution < -0.4 is 18.8 Å². The van der Waals surface area contributed by atoms with E-state index in [1.165, 1.54) is 22.2 Å². The van der Waals surface area contributed by atoms with E-state index in [-0.39, 0.29) is 0 Å². The van der Waals surface area contributed by atoms with Crippen molar-refractivity contribution in [2.45, 2.75) is 13.0 Å². The van der Waals surface area contributed by atoms with Crippen LogP contribution in [-0.4, -0.2) is 13.9 Å². The first kappa shape index (κ1) is 14.1. The standard InChI is InChI=1S/C19H15BrNO3/c1-22-16-3-2-11-6-15-13-8-18-17(23-10-24-18)7-12(13)4-5-21(15)9-14(11)19(16)20/h2-3,6-9H,4-5,10H2,1H3/q+1. The molecule has 5 heteroatoms. The summed E-state index contributed by atoms with van der Waals surface area (Å²) in [5.41, 5.74) is 3.74. The van der Waals surface area contributed by atoms with Gasteiger partial charge in [0.2, 0.25) is 12.5 Å². The third-order valence-electron chi connectivity index (χ3n) is 4.78. The number of hydrogen-bond acceptors (Lipinski definition) is 3. The van der Waals surface area contributed by atoms with Gasteiger partial charge < -0.3 is 14.2 Å². The summed E-state index contributed by atoms with van der Waals surface area (Å²) in [4.78, 5) is 0. The van der Waals surface area contributed by atoms with E-state index in [2.05, 4.69) is 51.0 Å². The minimum absolute atomic E-state index is 0.308. The summed E-state index contributed by atoms with van der Waals surface area (Å²) >= 11 is 3.67. The van der Waals surface area contributed by atoms with Gasteiger partial charge >= 0.3 is 0 Å². The smallest absolute Gasteiger partial charge is 0.231 e. The van der Waals surface area contributed by atoms with Crippen LogP contribution in [0.1, 0.15) is 5.56 Å². The average molecular weight is 385 g/mol. The van der Waals surface area contributed by atoms with Crippen LogP contribution in [0.25, 0.3) is 22.0 Å². The zero-order valence-electron chi connectivity index (χ0n) is 13.1. The summed E-state index contributed by atoms with van der Waals surface area (Å²) in [5.74, 6) is 2.54. The van der Waals surface area contributed by atoms with Crippen molar-refractivity contribution in [3.8, 4) is 28.5 Å². The van der Waals surface area contributed by atoms with Gasteiger partial charge in [-0.05, 0) is 45.1 Å². The lowest BCUT2D eigenvalue weighted by atomic mass is 9.95. The molecule has 0 aliphatic carbocycles. The Kier molecular flexibility index (Phi) is 3.00. The molecule has 0 bridgehead atoms. The number of methoxy groups -OCH3 is 1. The van der Waals surface area contributed by atoms with E-state index < -0.39 is 0 Å². The highest BCUT2D eigenvalue weighted by Crippen LogP contribution is 2.40. The quantitative estimate of drug-likeness (QED) is 0.597. The number of fused-ring (bicyclic) bond motifs is 5. The van der Waals surface area contributed by atoms with Gasteiger partial charge in [-0.3, -0.25) is 0 Å². The van der Waals surface area contributed by atoms with Crippen LogP contribution in [0.5, 0.6) is 17.2 Å². The molecule has 2 aliphatic rings. The Balaban J connectivity index is 1.76. The summed E-state index contributed by atoms with van der Waals surface area (Å²) in [7, 11) is 1.69. The van der Waals surface area contributed by atoms with Gasteiger partial charge in [-0.15, -0.1) is 0 Å². The third-order valence-corrected chi connectivity index (χ3v) is 5.60. The van der Waals surface area contributed by atoms with Gasteiger partial charge in [-0.1, -0.05) is 6.07 Å². The lowest BCUT2D eigenvalue weighted by Gasteiger charge is -2.16. The Morgan fingerprint density at radius 3 is 2.79 bits per heavy atom. The van der Waals surface area contributed by atoms with E-state index >= 15 is 0 Å². The fourth-order valence-electron chi connectivity index (χ4n) is 3.55. The van der Waals surface area contributed by atoms with Crippen molar-refractivity contribution >= 4 is 26.7 Å². The average Bonchev–Trinajstić information content (AvgIpc) is 3.06. The first-order valence-electron chi connectivity index (χ1n) is 7.87. The predicted molar refractivity (Wildman–Crippen MR) is 93.7 cm³/mol. The Morgan fingerprint density at radius 2 is 1.96 bits per heavy atom. The predicted octanol–water partition coefficient (Wildman–Crippen LogP) is 3.85. The van der Waals surface area contributed by atoms with Crippen LogP contribution in [0.3, 0.4) is 0 Å². The van der Waals surface area contributed by atoms with Gasteiger partial charge in [-0.2, -0.15) is 4.57 Å². The first-order chi connectivity index (χ1) is 11.7. The van der Waals surface area contributed by atoms with E-state index in [1.54, 1.807) is 7.11 Å². The van der Waals surface area contributed by atoms with Crippen LogP contribution in [0.4, 0.5) is 0 Å². The second-order valence-electron chi connectivity index (χ2n) is 6.05. The monoisotopic (exact) mass is 384 g/mol. The Bertz CT molecular complexity index is 1000. The molecular formula is C19H15BrNO3+. The number of aryl methyl sites for hydroxylation is 2. The van der Waals surface area contributed by atoms with Crippen molar-refractivity contribution in [2.24, 2.45) is 0 Å². The minimum atomic E-state index is 0.308. The molecule has 0 atom stereocenters. The largest absolute Gasteiger partial charge is 0.496 e. The number of hydrogen-bond donors (Lipinski definition) is 0. The first-order valence-corrected chi connectivity index (χ1v) is 8.66. The highest BCUT2D eigenvalue weighted by molar-refractivity contribution is 9.10. The number of nitrogens with zero attached hydrogens (tertiary/aromatic N) is 1. The second-order valence-corrected chi connectivity index (χ2v) is 6.84. The number of ether oxygens (including phenoxy) is 3. The lowest BCUT2D eigenvalue weighted by Crippen LogP contribution is -2.40. The van der Waals surface area contributed by atoms with Gasteiger partial charge in [0.05, 0.1) is 22.5 Å². The third kappa shape index (κ3) is 1.94. The highest BCUT2D eigenvalue weighted by Gasteiger charge is 2.28. The van der Waals surface area contributed by atoms with Gasteiger partial charge in [-0.25, -0.2) is 0 Å². The van der Waals surface area contributed by atoms with E-state index in [0.717, 1.165) is 40.1 Å². The summed E-state index contributed by atoms with van der Waals surface area (Å²) in [6.45, 7) is 1.25. The summed E-state index contributed by atoms with van der Waals surface area (Å²) < 4.78 is 19.8. The van der Waals surface area contributed by atoms with Crippen LogP contribution >= 0.6 is 15.9 Å². The molecule has 0 saturated carbocycles. The zero-order valence-corrected chi connectivity index (χ0v) is 14.7. The molecule has 2 aromatic carbocycles. The van der Waals surface area contributed by atoms with Crippen molar-refractivity contribution in [3.05, 3.63) is 46.6 Å². The number of benzene rings is 2. The molecule has 0 fully saturated rings. The van der Waals surface area contributed by atoms with Crippen molar-refractivity contribution in [1.29, 1.82) is 0 Å². The molecule has 3 aromatic rings. The molecule has 3 heterocycles. The molecule has 1 aromatic heterocycles. The van der Waals surface area contributed by atoms with E-state index in [1.807, 2.05) is 6.07 Å². The maximum absolute atomic E-state index is 5.56.